The van der Waals surface area contributed by atoms with Crippen LogP contribution < -0.4 is 5.32 Å². The predicted octanol–water partition coefficient (Wildman–Crippen LogP) is 2.73. The van der Waals surface area contributed by atoms with Crippen LogP contribution in [0.2, 0.25) is 10.0 Å². The summed E-state index contributed by atoms with van der Waals surface area (Å²) in [5.74, 6) is 0.839. The molecule has 2 aliphatic rings. The lowest BCUT2D eigenvalue weighted by Crippen LogP contribution is -2.51. The first-order valence-corrected chi connectivity index (χ1v) is 7.78. The number of fused-ring (bicyclic) bond motifs is 1. The van der Waals surface area contributed by atoms with Crippen LogP contribution in [0.4, 0.5) is 0 Å². The maximum absolute atomic E-state index is 12.5. The third-order valence-electron chi connectivity index (χ3n) is 4.51. The molecule has 3 nitrogen and oxygen atoms in total. The van der Waals surface area contributed by atoms with Crippen molar-refractivity contribution in [3.8, 4) is 0 Å². The lowest BCUT2D eigenvalue weighted by Gasteiger charge is -2.37. The highest BCUT2D eigenvalue weighted by Gasteiger charge is 2.33. The first-order chi connectivity index (χ1) is 9.58. The lowest BCUT2D eigenvalue weighted by atomic mass is 9.87. The monoisotopic (exact) mass is 312 g/mol. The molecule has 2 heterocycles. The molecule has 0 aromatic heterocycles. The van der Waals surface area contributed by atoms with Gasteiger partial charge >= 0.3 is 0 Å². The Labute approximate surface area is 129 Å². The minimum absolute atomic E-state index is 0.0978. The van der Waals surface area contributed by atoms with Crippen molar-refractivity contribution in [2.24, 2.45) is 11.8 Å². The number of nitrogens with zero attached hydrogens (tertiary/aromatic N) is 1. The molecule has 3 rings (SSSR count). The van der Waals surface area contributed by atoms with E-state index in [4.69, 9.17) is 23.2 Å². The van der Waals surface area contributed by atoms with Crippen molar-refractivity contribution < 1.29 is 4.79 Å². The van der Waals surface area contributed by atoms with Gasteiger partial charge in [-0.25, -0.2) is 0 Å². The van der Waals surface area contributed by atoms with Crippen LogP contribution in [-0.2, 0) is 17.8 Å². The highest BCUT2D eigenvalue weighted by molar-refractivity contribution is 6.42. The van der Waals surface area contributed by atoms with E-state index in [2.05, 4.69) is 5.32 Å². The first-order valence-electron chi connectivity index (χ1n) is 7.03. The molecule has 1 aromatic rings. The van der Waals surface area contributed by atoms with Crippen molar-refractivity contribution >= 4 is 29.1 Å². The van der Waals surface area contributed by atoms with Gasteiger partial charge in [0, 0.05) is 19.0 Å². The normalized spacial score (nSPS) is 20.2. The fourth-order valence-corrected chi connectivity index (χ4v) is 3.38. The number of halogens is 2. The second-order valence-electron chi connectivity index (χ2n) is 5.72. The van der Waals surface area contributed by atoms with Gasteiger partial charge in [-0.2, -0.15) is 0 Å². The molecule has 0 bridgehead atoms. The van der Waals surface area contributed by atoms with E-state index in [0.717, 1.165) is 37.2 Å². The zero-order valence-corrected chi connectivity index (χ0v) is 13.0. The van der Waals surface area contributed by atoms with Crippen LogP contribution in [0.25, 0.3) is 0 Å². The van der Waals surface area contributed by atoms with Crippen molar-refractivity contribution in [1.82, 2.24) is 10.2 Å². The van der Waals surface area contributed by atoms with Crippen molar-refractivity contribution in [3.63, 3.8) is 0 Å². The van der Waals surface area contributed by atoms with E-state index in [0.29, 0.717) is 22.5 Å². The van der Waals surface area contributed by atoms with Crippen LogP contribution in [0, 0.1) is 11.8 Å². The molecule has 1 fully saturated rings. The molecule has 0 saturated carbocycles. The van der Waals surface area contributed by atoms with E-state index >= 15 is 0 Å². The van der Waals surface area contributed by atoms with Gasteiger partial charge in [-0.1, -0.05) is 36.2 Å². The standard InChI is InChI=1S/C15H18Cl2N2O/c1-9(11-6-18-7-11)15(20)19-5-4-12-10(8-19)2-3-13(16)14(12)17/h2-3,9,11,18H,4-8H2,1H3. The molecule has 1 saturated heterocycles. The fraction of sp³-hybridized carbons (Fsp3) is 0.533. The first kappa shape index (κ1) is 14.2. The van der Waals surface area contributed by atoms with Crippen molar-refractivity contribution in [2.45, 2.75) is 19.9 Å². The van der Waals surface area contributed by atoms with E-state index < -0.39 is 0 Å². The molecule has 1 aromatic carbocycles. The topological polar surface area (TPSA) is 32.3 Å². The van der Waals surface area contributed by atoms with Crippen LogP contribution >= 0.6 is 23.2 Å². The largest absolute Gasteiger partial charge is 0.338 e. The molecule has 2 aliphatic heterocycles. The van der Waals surface area contributed by atoms with Gasteiger partial charge in [-0.15, -0.1) is 0 Å². The summed E-state index contributed by atoms with van der Waals surface area (Å²) >= 11 is 12.3. The lowest BCUT2D eigenvalue weighted by molar-refractivity contribution is -0.138. The van der Waals surface area contributed by atoms with Gasteiger partial charge < -0.3 is 10.2 Å². The Kier molecular flexibility index (Phi) is 3.93. The number of nitrogens with one attached hydrogen (secondary N) is 1. The Morgan fingerprint density at radius 1 is 1.40 bits per heavy atom. The molecular formula is C15H18Cl2N2O. The SMILES string of the molecule is CC(C(=O)N1CCc2c(ccc(Cl)c2Cl)C1)C1CNC1. The molecule has 20 heavy (non-hydrogen) atoms. The van der Waals surface area contributed by atoms with E-state index in [9.17, 15) is 4.79 Å². The Balaban J connectivity index is 1.75. The van der Waals surface area contributed by atoms with Crippen LogP contribution in [0.5, 0.6) is 0 Å². The van der Waals surface area contributed by atoms with E-state index in [-0.39, 0.29) is 11.8 Å². The Bertz CT molecular complexity index is 543. The van der Waals surface area contributed by atoms with Gasteiger partial charge in [0.1, 0.15) is 0 Å². The maximum atomic E-state index is 12.5. The fourth-order valence-electron chi connectivity index (χ4n) is 2.92. The number of amides is 1. The quantitative estimate of drug-likeness (QED) is 0.910. The molecule has 1 atom stereocenters. The average Bonchev–Trinajstić information content (AvgIpc) is 2.40. The number of carbonyl (C=O) groups excluding carboxylic acids is 1. The molecule has 1 N–H and O–H groups in total. The Morgan fingerprint density at radius 3 is 2.80 bits per heavy atom. The number of benzene rings is 1. The second kappa shape index (κ2) is 5.55. The molecular weight excluding hydrogens is 295 g/mol. The van der Waals surface area contributed by atoms with Gasteiger partial charge in [-0.05, 0) is 42.6 Å². The highest BCUT2D eigenvalue weighted by atomic mass is 35.5. The third-order valence-corrected chi connectivity index (χ3v) is 5.35. The van der Waals surface area contributed by atoms with Gasteiger partial charge in [0.15, 0.2) is 0 Å². The summed E-state index contributed by atoms with van der Waals surface area (Å²) < 4.78 is 0. The summed E-state index contributed by atoms with van der Waals surface area (Å²) in [5.41, 5.74) is 2.22. The number of hydrogen-bond acceptors (Lipinski definition) is 2. The number of hydrogen-bond donors (Lipinski definition) is 1. The van der Waals surface area contributed by atoms with E-state index in [1.807, 2.05) is 24.0 Å². The van der Waals surface area contributed by atoms with Crippen LogP contribution in [0.1, 0.15) is 18.1 Å². The number of rotatable bonds is 2. The van der Waals surface area contributed by atoms with Gasteiger partial charge in [-0.3, -0.25) is 4.79 Å². The zero-order valence-electron chi connectivity index (χ0n) is 11.5. The van der Waals surface area contributed by atoms with E-state index in [1.165, 1.54) is 0 Å². The number of carbonyl (C=O) groups is 1. The van der Waals surface area contributed by atoms with E-state index in [1.54, 1.807) is 0 Å². The van der Waals surface area contributed by atoms with Crippen LogP contribution in [-0.4, -0.2) is 30.4 Å². The van der Waals surface area contributed by atoms with Gasteiger partial charge in [0.05, 0.1) is 10.0 Å². The van der Waals surface area contributed by atoms with Crippen molar-refractivity contribution in [1.29, 1.82) is 0 Å². The molecule has 108 valence electrons. The van der Waals surface area contributed by atoms with Crippen LogP contribution in [0.3, 0.4) is 0 Å². The minimum atomic E-state index is 0.0978. The summed E-state index contributed by atoms with van der Waals surface area (Å²) in [6, 6.07) is 3.80. The zero-order chi connectivity index (χ0) is 14.3. The summed E-state index contributed by atoms with van der Waals surface area (Å²) in [5, 5.41) is 4.47. The Morgan fingerprint density at radius 2 is 2.15 bits per heavy atom. The molecule has 5 heteroatoms. The molecule has 0 aliphatic carbocycles. The predicted molar refractivity (Wildman–Crippen MR) is 81.1 cm³/mol. The highest BCUT2D eigenvalue weighted by Crippen LogP contribution is 2.33. The Hall–Kier alpha value is -0.770. The summed E-state index contributed by atoms with van der Waals surface area (Å²) in [4.78, 5) is 14.5. The maximum Gasteiger partial charge on any atom is 0.226 e. The molecule has 1 unspecified atom stereocenters. The van der Waals surface area contributed by atoms with Crippen molar-refractivity contribution in [3.05, 3.63) is 33.3 Å². The third kappa shape index (κ3) is 2.43. The van der Waals surface area contributed by atoms with Crippen molar-refractivity contribution in [2.75, 3.05) is 19.6 Å². The van der Waals surface area contributed by atoms with Crippen LogP contribution in [0.15, 0.2) is 12.1 Å². The summed E-state index contributed by atoms with van der Waals surface area (Å²) in [6.07, 6.45) is 0.788. The molecule has 1 amide bonds. The summed E-state index contributed by atoms with van der Waals surface area (Å²) in [6.45, 7) is 5.33. The molecule has 0 radical (unpaired) electrons. The van der Waals surface area contributed by atoms with Gasteiger partial charge in [0.25, 0.3) is 0 Å². The average molecular weight is 313 g/mol. The second-order valence-corrected chi connectivity index (χ2v) is 6.50. The molecule has 0 spiro atoms. The smallest absolute Gasteiger partial charge is 0.226 e. The minimum Gasteiger partial charge on any atom is -0.338 e. The summed E-state index contributed by atoms with van der Waals surface area (Å²) in [7, 11) is 0. The van der Waals surface area contributed by atoms with Gasteiger partial charge in [0.2, 0.25) is 5.91 Å².